The monoisotopic (exact) mass is 513 g/mol. The predicted molar refractivity (Wildman–Crippen MR) is 134 cm³/mol. The molecule has 2 aliphatic heterocycles. The number of hydrogen-bond donors (Lipinski definition) is 2. The van der Waals surface area contributed by atoms with Crippen LogP contribution in [0.2, 0.25) is 0 Å². The van der Waals surface area contributed by atoms with Gasteiger partial charge in [0.2, 0.25) is 0 Å². The van der Waals surface area contributed by atoms with Crippen molar-refractivity contribution in [3.63, 3.8) is 0 Å². The Hall–Kier alpha value is -0.860. The Morgan fingerprint density at radius 1 is 0.931 bits per heavy atom. The second-order valence-electron chi connectivity index (χ2n) is 8.49. The Bertz CT molecular complexity index is 592. The van der Waals surface area contributed by atoms with Gasteiger partial charge in [-0.1, -0.05) is 31.2 Å². The zero-order valence-corrected chi connectivity index (χ0v) is 20.7. The zero-order chi connectivity index (χ0) is 19.6. The molecule has 0 aliphatic carbocycles. The molecule has 1 aromatic rings. The fourth-order valence-corrected chi connectivity index (χ4v) is 4.20. The van der Waals surface area contributed by atoms with Crippen LogP contribution in [0.25, 0.3) is 0 Å². The molecule has 0 spiro atoms. The minimum atomic E-state index is 0. The number of halogens is 1. The molecular formula is C23H40IN5. The minimum absolute atomic E-state index is 0. The molecule has 0 saturated carbocycles. The average molecular weight is 514 g/mol. The fraction of sp³-hybridized carbons (Fsp3) is 0.696. The minimum Gasteiger partial charge on any atom is -0.357 e. The van der Waals surface area contributed by atoms with E-state index in [9.17, 15) is 0 Å². The van der Waals surface area contributed by atoms with Gasteiger partial charge in [0.25, 0.3) is 0 Å². The number of nitrogens with zero attached hydrogens (tertiary/aromatic N) is 3. The van der Waals surface area contributed by atoms with Gasteiger partial charge in [-0.25, -0.2) is 4.99 Å². The summed E-state index contributed by atoms with van der Waals surface area (Å²) >= 11 is 0. The lowest BCUT2D eigenvalue weighted by atomic mass is 10.1. The summed E-state index contributed by atoms with van der Waals surface area (Å²) in [6.07, 6.45) is 5.43. The number of nitrogens with one attached hydrogen (secondary N) is 2. The molecule has 1 aromatic carbocycles. The normalized spacial score (nSPS) is 19.2. The zero-order valence-electron chi connectivity index (χ0n) is 18.3. The van der Waals surface area contributed by atoms with Crippen LogP contribution in [0.4, 0.5) is 0 Å². The van der Waals surface area contributed by atoms with Gasteiger partial charge >= 0.3 is 0 Å². The third-order valence-electron chi connectivity index (χ3n) is 5.78. The van der Waals surface area contributed by atoms with Crippen LogP contribution in [-0.4, -0.2) is 61.6 Å². The lowest BCUT2D eigenvalue weighted by Crippen LogP contribution is -2.41. The highest BCUT2D eigenvalue weighted by atomic mass is 127. The molecule has 2 saturated heterocycles. The van der Waals surface area contributed by atoms with Crippen molar-refractivity contribution in [2.24, 2.45) is 10.9 Å². The quantitative estimate of drug-likeness (QED) is 0.301. The van der Waals surface area contributed by atoms with E-state index in [1.54, 1.807) is 0 Å². The molecule has 2 N–H and O–H groups in total. The van der Waals surface area contributed by atoms with Crippen molar-refractivity contribution in [1.82, 2.24) is 20.4 Å². The van der Waals surface area contributed by atoms with Crippen LogP contribution in [0.15, 0.2) is 29.3 Å². The standard InChI is InChI=1S/C23H39N5.HI/c1-3-24-23(25-16-20(2)18-27-12-4-5-13-27)26-17-21-8-10-22(11-9-21)19-28-14-6-7-15-28;/h8-11,20H,3-7,12-19H2,1-2H3,(H2,24,25,26);1H. The van der Waals surface area contributed by atoms with Crippen LogP contribution in [0, 0.1) is 5.92 Å². The Morgan fingerprint density at radius 2 is 1.52 bits per heavy atom. The number of aliphatic imine (C=N–C) groups is 1. The molecule has 0 aromatic heterocycles. The van der Waals surface area contributed by atoms with Crippen LogP contribution in [0.3, 0.4) is 0 Å². The molecule has 6 heteroatoms. The van der Waals surface area contributed by atoms with Crippen molar-refractivity contribution in [2.45, 2.75) is 52.6 Å². The van der Waals surface area contributed by atoms with Crippen LogP contribution in [0.1, 0.15) is 50.7 Å². The summed E-state index contributed by atoms with van der Waals surface area (Å²) < 4.78 is 0. The number of hydrogen-bond acceptors (Lipinski definition) is 3. The molecular weight excluding hydrogens is 473 g/mol. The molecule has 2 fully saturated rings. The summed E-state index contributed by atoms with van der Waals surface area (Å²) in [4.78, 5) is 9.92. The van der Waals surface area contributed by atoms with E-state index in [1.165, 1.54) is 69.5 Å². The van der Waals surface area contributed by atoms with Crippen molar-refractivity contribution in [2.75, 3.05) is 45.8 Å². The topological polar surface area (TPSA) is 42.9 Å². The van der Waals surface area contributed by atoms with Gasteiger partial charge in [0.15, 0.2) is 5.96 Å². The first kappa shape index (κ1) is 24.4. The van der Waals surface area contributed by atoms with E-state index in [0.29, 0.717) is 5.92 Å². The highest BCUT2D eigenvalue weighted by Gasteiger charge is 2.15. The second-order valence-corrected chi connectivity index (χ2v) is 8.49. The summed E-state index contributed by atoms with van der Waals surface area (Å²) in [5.74, 6) is 1.56. The Morgan fingerprint density at radius 3 is 2.14 bits per heavy atom. The van der Waals surface area contributed by atoms with Crippen LogP contribution in [-0.2, 0) is 13.1 Å². The van der Waals surface area contributed by atoms with E-state index in [2.05, 4.69) is 58.5 Å². The van der Waals surface area contributed by atoms with Crippen LogP contribution >= 0.6 is 24.0 Å². The largest absolute Gasteiger partial charge is 0.357 e. The summed E-state index contributed by atoms with van der Waals surface area (Å²) in [7, 11) is 0. The lowest BCUT2D eigenvalue weighted by molar-refractivity contribution is 0.287. The summed E-state index contributed by atoms with van der Waals surface area (Å²) in [5.41, 5.74) is 2.68. The third-order valence-corrected chi connectivity index (χ3v) is 5.78. The highest BCUT2D eigenvalue weighted by molar-refractivity contribution is 14.0. The maximum absolute atomic E-state index is 4.79. The van der Waals surface area contributed by atoms with Gasteiger partial charge in [0.05, 0.1) is 6.54 Å². The fourth-order valence-electron chi connectivity index (χ4n) is 4.20. The molecule has 2 aliphatic rings. The van der Waals surface area contributed by atoms with Crippen molar-refractivity contribution in [3.05, 3.63) is 35.4 Å². The number of guanidine groups is 1. The van der Waals surface area contributed by atoms with E-state index < -0.39 is 0 Å². The van der Waals surface area contributed by atoms with Gasteiger partial charge in [-0.05, 0) is 75.8 Å². The van der Waals surface area contributed by atoms with Gasteiger partial charge < -0.3 is 15.5 Å². The summed E-state index contributed by atoms with van der Waals surface area (Å²) in [6, 6.07) is 8.99. The van der Waals surface area contributed by atoms with Crippen molar-refractivity contribution >= 4 is 29.9 Å². The van der Waals surface area contributed by atoms with Crippen LogP contribution < -0.4 is 10.6 Å². The molecule has 164 valence electrons. The SMILES string of the molecule is CCNC(=NCc1ccc(CN2CCCC2)cc1)NCC(C)CN1CCCC1.I. The predicted octanol–water partition coefficient (Wildman–Crippen LogP) is 3.69. The lowest BCUT2D eigenvalue weighted by Gasteiger charge is -2.21. The third kappa shape index (κ3) is 8.80. The summed E-state index contributed by atoms with van der Waals surface area (Å²) in [6.45, 7) is 14.3. The number of likely N-dealkylation sites (tertiary alicyclic amines) is 2. The maximum Gasteiger partial charge on any atom is 0.191 e. The van der Waals surface area contributed by atoms with Gasteiger partial charge in [0.1, 0.15) is 0 Å². The molecule has 0 bridgehead atoms. The van der Waals surface area contributed by atoms with Gasteiger partial charge in [-0.2, -0.15) is 0 Å². The van der Waals surface area contributed by atoms with E-state index in [0.717, 1.165) is 32.1 Å². The van der Waals surface area contributed by atoms with Crippen molar-refractivity contribution < 1.29 is 0 Å². The molecule has 29 heavy (non-hydrogen) atoms. The van der Waals surface area contributed by atoms with Crippen LogP contribution in [0.5, 0.6) is 0 Å². The van der Waals surface area contributed by atoms with Gasteiger partial charge in [-0.3, -0.25) is 4.90 Å². The molecule has 1 unspecified atom stereocenters. The number of rotatable bonds is 9. The Kier molecular flexibility index (Phi) is 11.3. The van der Waals surface area contributed by atoms with E-state index in [-0.39, 0.29) is 24.0 Å². The second kappa shape index (κ2) is 13.4. The Balaban J connectivity index is 0.00000300. The molecule has 0 amide bonds. The Labute approximate surface area is 194 Å². The highest BCUT2D eigenvalue weighted by Crippen LogP contribution is 2.14. The summed E-state index contributed by atoms with van der Waals surface area (Å²) in [5, 5.41) is 6.91. The first-order valence-corrected chi connectivity index (χ1v) is 11.3. The van der Waals surface area contributed by atoms with E-state index in [4.69, 9.17) is 4.99 Å². The molecule has 1 atom stereocenters. The van der Waals surface area contributed by atoms with E-state index >= 15 is 0 Å². The molecule has 2 heterocycles. The van der Waals surface area contributed by atoms with Crippen molar-refractivity contribution in [3.8, 4) is 0 Å². The number of benzene rings is 1. The average Bonchev–Trinajstić information content (AvgIpc) is 3.39. The molecule has 0 radical (unpaired) electrons. The molecule has 3 rings (SSSR count). The molecule has 5 nitrogen and oxygen atoms in total. The first-order chi connectivity index (χ1) is 13.7. The van der Waals surface area contributed by atoms with Gasteiger partial charge in [0, 0.05) is 26.2 Å². The first-order valence-electron chi connectivity index (χ1n) is 11.3. The van der Waals surface area contributed by atoms with Crippen molar-refractivity contribution in [1.29, 1.82) is 0 Å². The van der Waals surface area contributed by atoms with E-state index in [1.807, 2.05) is 0 Å². The smallest absolute Gasteiger partial charge is 0.191 e. The van der Waals surface area contributed by atoms with Gasteiger partial charge in [-0.15, -0.1) is 24.0 Å². The maximum atomic E-state index is 4.79.